The topological polar surface area (TPSA) is 107 Å². The molecule has 29 heavy (non-hydrogen) atoms. The van der Waals surface area contributed by atoms with Crippen LogP contribution in [0.4, 0.5) is 4.79 Å². The van der Waals surface area contributed by atoms with E-state index in [0.717, 1.165) is 0 Å². The predicted octanol–water partition coefficient (Wildman–Crippen LogP) is 1.74. The lowest BCUT2D eigenvalue weighted by atomic mass is 10.2. The van der Waals surface area contributed by atoms with Gasteiger partial charge in [0.15, 0.2) is 5.11 Å². The van der Waals surface area contributed by atoms with Crippen LogP contribution in [-0.4, -0.2) is 74.4 Å². The molecule has 0 rings (SSSR count). The Kier molecular flexibility index (Phi) is 13.5. The van der Waals surface area contributed by atoms with Crippen LogP contribution in [0.1, 0.15) is 48.0 Å². The highest BCUT2D eigenvalue weighted by Gasteiger charge is 2.16. The number of esters is 1. The molecular weight excluding hydrogens is 398 g/mol. The molecule has 0 saturated carbocycles. The Morgan fingerprint density at radius 2 is 1.24 bits per heavy atom. The van der Waals surface area contributed by atoms with E-state index < -0.39 is 17.3 Å². The van der Waals surface area contributed by atoms with Crippen molar-refractivity contribution < 1.29 is 28.5 Å². The molecule has 0 bridgehead atoms. The number of thiocarbonyl (C=S) groups is 1. The van der Waals surface area contributed by atoms with E-state index in [4.69, 9.17) is 31.2 Å². The first-order valence-corrected chi connectivity index (χ1v) is 10.2. The zero-order valence-corrected chi connectivity index (χ0v) is 19.3. The Morgan fingerprint density at radius 1 is 0.724 bits per heavy atom. The Balaban J connectivity index is 3.46. The van der Waals surface area contributed by atoms with Crippen molar-refractivity contribution in [1.82, 2.24) is 16.0 Å². The van der Waals surface area contributed by atoms with Crippen molar-refractivity contribution in [3.8, 4) is 0 Å². The van der Waals surface area contributed by atoms with Crippen LogP contribution in [-0.2, 0) is 23.7 Å². The van der Waals surface area contributed by atoms with Crippen LogP contribution in [0.3, 0.4) is 0 Å². The maximum absolute atomic E-state index is 11.5. The van der Waals surface area contributed by atoms with Crippen molar-refractivity contribution in [2.75, 3.05) is 46.1 Å². The van der Waals surface area contributed by atoms with Gasteiger partial charge in [0, 0.05) is 19.6 Å². The smallest absolute Gasteiger partial charge is 0.407 e. The van der Waals surface area contributed by atoms with Crippen LogP contribution < -0.4 is 16.0 Å². The molecule has 0 radical (unpaired) electrons. The first-order valence-electron chi connectivity index (χ1n) is 9.75. The largest absolute Gasteiger partial charge is 0.460 e. The maximum atomic E-state index is 11.5. The normalized spacial score (nSPS) is 11.5. The van der Waals surface area contributed by atoms with Gasteiger partial charge in [-0.2, -0.15) is 0 Å². The third kappa shape index (κ3) is 20.9. The van der Waals surface area contributed by atoms with Crippen molar-refractivity contribution in [2.45, 2.75) is 59.2 Å². The summed E-state index contributed by atoms with van der Waals surface area (Å²) in [6, 6.07) is 0. The summed E-state index contributed by atoms with van der Waals surface area (Å²) in [5.41, 5.74) is -0.991. The van der Waals surface area contributed by atoms with Crippen molar-refractivity contribution >= 4 is 29.4 Å². The number of rotatable bonds is 12. The van der Waals surface area contributed by atoms with E-state index in [1.54, 1.807) is 0 Å². The number of ether oxygens (including phenoxy) is 4. The summed E-state index contributed by atoms with van der Waals surface area (Å²) in [6.45, 7) is 13.9. The zero-order chi connectivity index (χ0) is 22.3. The van der Waals surface area contributed by atoms with Crippen LogP contribution in [0.25, 0.3) is 0 Å². The molecule has 0 saturated heterocycles. The van der Waals surface area contributed by atoms with E-state index >= 15 is 0 Å². The number of hydrogen-bond acceptors (Lipinski definition) is 7. The maximum Gasteiger partial charge on any atom is 0.407 e. The number of carbonyl (C=O) groups excluding carboxylic acids is 2. The highest BCUT2D eigenvalue weighted by molar-refractivity contribution is 7.80. The molecule has 170 valence electrons. The van der Waals surface area contributed by atoms with Gasteiger partial charge in [0.1, 0.15) is 11.2 Å². The van der Waals surface area contributed by atoms with E-state index in [1.165, 1.54) is 0 Å². The summed E-state index contributed by atoms with van der Waals surface area (Å²) in [5, 5.41) is 9.08. The van der Waals surface area contributed by atoms with Crippen molar-refractivity contribution in [2.24, 2.45) is 0 Å². The number of carbonyl (C=O) groups is 2. The van der Waals surface area contributed by atoms with Crippen molar-refractivity contribution in [3.05, 3.63) is 0 Å². The number of nitrogens with one attached hydrogen (secondary N) is 3. The summed E-state index contributed by atoms with van der Waals surface area (Å²) in [5.74, 6) is -0.273. The quantitative estimate of drug-likeness (QED) is 0.240. The second kappa shape index (κ2) is 14.4. The van der Waals surface area contributed by atoms with Gasteiger partial charge in [0.2, 0.25) is 0 Å². The van der Waals surface area contributed by atoms with Gasteiger partial charge in [-0.3, -0.25) is 4.79 Å². The monoisotopic (exact) mass is 435 g/mol. The average molecular weight is 436 g/mol. The van der Waals surface area contributed by atoms with E-state index in [-0.39, 0.29) is 12.4 Å². The molecule has 1 amide bonds. The highest BCUT2D eigenvalue weighted by atomic mass is 32.1. The molecule has 0 spiro atoms. The molecule has 3 N–H and O–H groups in total. The molecule has 10 heteroatoms. The number of hydrogen-bond donors (Lipinski definition) is 3. The predicted molar refractivity (Wildman–Crippen MR) is 115 cm³/mol. The molecule has 0 fully saturated rings. The molecule has 0 atom stereocenters. The lowest BCUT2D eigenvalue weighted by molar-refractivity contribution is -0.156. The SMILES string of the molecule is CC(C)(C)OC(=O)CCOCCOCCNC(=S)NCCNC(=O)OC(C)(C)C. The van der Waals surface area contributed by atoms with Gasteiger partial charge in [0.25, 0.3) is 0 Å². The molecule has 0 aromatic rings. The van der Waals surface area contributed by atoms with Gasteiger partial charge in [-0.1, -0.05) is 0 Å². The Morgan fingerprint density at radius 3 is 1.83 bits per heavy atom. The third-order valence-electron chi connectivity index (χ3n) is 2.85. The lowest BCUT2D eigenvalue weighted by Crippen LogP contribution is -2.42. The van der Waals surface area contributed by atoms with Crippen molar-refractivity contribution in [1.29, 1.82) is 0 Å². The summed E-state index contributed by atoms with van der Waals surface area (Å²) in [7, 11) is 0. The molecule has 0 aliphatic rings. The standard InChI is InChI=1S/C19H37N3O6S/c1-18(2,3)27-15(23)7-11-25-13-14-26-12-10-21-16(29)20-8-9-22-17(24)28-19(4,5)6/h7-14H2,1-6H3,(H,22,24)(H2,20,21,29). The molecular formula is C19H37N3O6S. The molecule has 0 aromatic carbocycles. The van der Waals surface area contributed by atoms with E-state index in [0.29, 0.717) is 51.2 Å². The first-order chi connectivity index (χ1) is 13.4. The highest BCUT2D eigenvalue weighted by Crippen LogP contribution is 2.08. The Bertz CT molecular complexity index is 503. The Hall–Kier alpha value is -1.65. The minimum atomic E-state index is -0.516. The van der Waals surface area contributed by atoms with Gasteiger partial charge in [-0.15, -0.1) is 0 Å². The van der Waals surface area contributed by atoms with E-state index in [1.807, 2.05) is 41.5 Å². The number of amides is 1. The lowest BCUT2D eigenvalue weighted by Gasteiger charge is -2.19. The van der Waals surface area contributed by atoms with Gasteiger partial charge >= 0.3 is 12.1 Å². The zero-order valence-electron chi connectivity index (χ0n) is 18.5. The molecule has 0 aromatic heterocycles. The fourth-order valence-electron chi connectivity index (χ4n) is 1.82. The second-order valence-electron chi connectivity index (χ2n) is 8.17. The first kappa shape index (κ1) is 27.4. The summed E-state index contributed by atoms with van der Waals surface area (Å²) >= 11 is 5.13. The van der Waals surface area contributed by atoms with Gasteiger partial charge in [-0.05, 0) is 53.8 Å². The molecule has 0 unspecified atom stereocenters. The third-order valence-corrected chi connectivity index (χ3v) is 3.14. The minimum absolute atomic E-state index is 0.224. The van der Waals surface area contributed by atoms with Crippen LogP contribution >= 0.6 is 12.2 Å². The summed E-state index contributed by atoms with van der Waals surface area (Å²) in [6.07, 6.45) is -0.235. The molecule has 0 aliphatic heterocycles. The van der Waals surface area contributed by atoms with Crippen LogP contribution in [0.5, 0.6) is 0 Å². The molecule has 0 heterocycles. The summed E-state index contributed by atoms with van der Waals surface area (Å²) < 4.78 is 21.1. The van der Waals surface area contributed by atoms with Crippen LogP contribution in [0, 0.1) is 0 Å². The number of alkyl carbamates (subject to hydrolysis) is 1. The van der Waals surface area contributed by atoms with Gasteiger partial charge in [0.05, 0.1) is 32.8 Å². The fourth-order valence-corrected chi connectivity index (χ4v) is 2.03. The minimum Gasteiger partial charge on any atom is -0.460 e. The Labute approximate surface area is 179 Å². The average Bonchev–Trinajstić information content (AvgIpc) is 2.54. The van der Waals surface area contributed by atoms with Gasteiger partial charge in [-0.25, -0.2) is 4.79 Å². The second-order valence-corrected chi connectivity index (χ2v) is 8.58. The van der Waals surface area contributed by atoms with E-state index in [2.05, 4.69) is 16.0 Å². The van der Waals surface area contributed by atoms with Crippen LogP contribution in [0.15, 0.2) is 0 Å². The summed E-state index contributed by atoms with van der Waals surface area (Å²) in [4.78, 5) is 23.0. The molecule has 9 nitrogen and oxygen atoms in total. The van der Waals surface area contributed by atoms with Crippen LogP contribution in [0.2, 0.25) is 0 Å². The fraction of sp³-hybridized carbons (Fsp3) is 0.842. The van der Waals surface area contributed by atoms with Crippen molar-refractivity contribution in [3.63, 3.8) is 0 Å². The molecule has 0 aliphatic carbocycles. The van der Waals surface area contributed by atoms with E-state index in [9.17, 15) is 9.59 Å². The van der Waals surface area contributed by atoms with Gasteiger partial charge < -0.3 is 34.9 Å².